The van der Waals surface area contributed by atoms with Crippen LogP contribution in [0.3, 0.4) is 0 Å². The van der Waals surface area contributed by atoms with Gasteiger partial charge in [0, 0.05) is 18.1 Å². The second-order valence-corrected chi connectivity index (χ2v) is 3.48. The van der Waals surface area contributed by atoms with E-state index in [0.717, 1.165) is 6.42 Å². The topological polar surface area (TPSA) is 46.5 Å². The number of carbonyl (C=O) groups excluding carboxylic acids is 1. The number of aliphatic hydroxyl groups excluding tert-OH is 1. The van der Waals surface area contributed by atoms with Crippen LogP contribution in [0.1, 0.15) is 34.1 Å². The molecule has 0 fully saturated rings. The Bertz CT molecular complexity index is 209. The van der Waals surface area contributed by atoms with E-state index in [1.165, 1.54) is 0 Å². The molecule has 0 radical (unpaired) electrons. The molecule has 0 spiro atoms. The van der Waals surface area contributed by atoms with E-state index < -0.39 is 0 Å². The fourth-order valence-corrected chi connectivity index (χ4v) is 1.07. The van der Waals surface area contributed by atoms with Crippen molar-refractivity contribution in [1.82, 2.24) is 0 Å². The number of hydrogen-bond donors (Lipinski definition) is 1. The summed E-state index contributed by atoms with van der Waals surface area (Å²) in [6.07, 6.45) is 2.26. The lowest BCUT2D eigenvalue weighted by Gasteiger charge is -2.21. The van der Waals surface area contributed by atoms with Crippen LogP contribution in [0.25, 0.3) is 0 Å². The first-order chi connectivity index (χ1) is 6.56. The first-order valence-corrected chi connectivity index (χ1v) is 5.01. The van der Waals surface area contributed by atoms with Crippen molar-refractivity contribution in [1.29, 1.82) is 0 Å². The molecule has 0 aliphatic heterocycles. The maximum absolute atomic E-state index is 11.4. The lowest BCUT2D eigenvalue weighted by Crippen LogP contribution is -2.27. The van der Waals surface area contributed by atoms with Crippen molar-refractivity contribution in [3.63, 3.8) is 0 Å². The lowest BCUT2D eigenvalue weighted by molar-refractivity contribution is -0.147. The van der Waals surface area contributed by atoms with Crippen LogP contribution < -0.4 is 0 Å². The minimum absolute atomic E-state index is 0.00592. The maximum Gasteiger partial charge on any atom is 0.333 e. The van der Waals surface area contributed by atoms with Gasteiger partial charge < -0.3 is 9.84 Å². The molecule has 0 aromatic rings. The zero-order valence-electron chi connectivity index (χ0n) is 9.41. The van der Waals surface area contributed by atoms with Gasteiger partial charge in [0.2, 0.25) is 0 Å². The van der Waals surface area contributed by atoms with E-state index in [2.05, 4.69) is 0 Å². The molecule has 82 valence electrons. The summed E-state index contributed by atoms with van der Waals surface area (Å²) in [6.45, 7) is 7.37. The van der Waals surface area contributed by atoms with Gasteiger partial charge in [0.05, 0.1) is 0 Å². The Hall–Kier alpha value is -0.830. The molecule has 0 bridgehead atoms. The normalized spacial score (nSPS) is 16.2. The van der Waals surface area contributed by atoms with Gasteiger partial charge in [0.15, 0.2) is 0 Å². The number of rotatable bonds is 5. The Balaban J connectivity index is 4.25. The minimum Gasteiger partial charge on any atom is -0.459 e. The van der Waals surface area contributed by atoms with Crippen LogP contribution in [0.15, 0.2) is 11.6 Å². The van der Waals surface area contributed by atoms with Gasteiger partial charge in [-0.3, -0.25) is 0 Å². The summed E-state index contributed by atoms with van der Waals surface area (Å²) in [4.78, 5) is 11.4. The Kier molecular flexibility index (Phi) is 6.21. The van der Waals surface area contributed by atoms with Gasteiger partial charge in [0.1, 0.15) is 6.10 Å². The van der Waals surface area contributed by atoms with Gasteiger partial charge in [-0.25, -0.2) is 4.79 Å². The van der Waals surface area contributed by atoms with Crippen molar-refractivity contribution in [3.05, 3.63) is 11.6 Å². The molecule has 0 amide bonds. The summed E-state index contributed by atoms with van der Waals surface area (Å²) >= 11 is 0. The van der Waals surface area contributed by atoms with Gasteiger partial charge in [-0.2, -0.15) is 0 Å². The van der Waals surface area contributed by atoms with Crippen LogP contribution in [0, 0.1) is 5.92 Å². The molecule has 0 heterocycles. The van der Waals surface area contributed by atoms with Gasteiger partial charge >= 0.3 is 5.97 Å². The molecule has 0 saturated heterocycles. The van der Waals surface area contributed by atoms with E-state index in [1.807, 2.05) is 13.8 Å². The molecule has 2 atom stereocenters. The molecule has 14 heavy (non-hydrogen) atoms. The van der Waals surface area contributed by atoms with Crippen LogP contribution >= 0.6 is 0 Å². The fraction of sp³-hybridized carbons (Fsp3) is 0.727. The van der Waals surface area contributed by atoms with Crippen LogP contribution in [0.4, 0.5) is 0 Å². The SMILES string of the molecule is CC=C(C)C(=O)OC(CC)C(C)CO. The van der Waals surface area contributed by atoms with Crippen LogP contribution in [-0.4, -0.2) is 23.8 Å². The molecule has 0 aromatic carbocycles. The smallest absolute Gasteiger partial charge is 0.333 e. The number of hydrogen-bond acceptors (Lipinski definition) is 3. The van der Waals surface area contributed by atoms with Crippen molar-refractivity contribution >= 4 is 5.97 Å². The Morgan fingerprint density at radius 1 is 1.57 bits per heavy atom. The first-order valence-electron chi connectivity index (χ1n) is 5.01. The fourth-order valence-electron chi connectivity index (χ4n) is 1.07. The number of ether oxygens (including phenoxy) is 1. The van der Waals surface area contributed by atoms with E-state index in [4.69, 9.17) is 9.84 Å². The lowest BCUT2D eigenvalue weighted by atomic mass is 10.0. The molecule has 0 saturated carbocycles. The summed E-state index contributed by atoms with van der Waals surface area (Å²) < 4.78 is 5.24. The molecule has 3 heteroatoms. The van der Waals surface area contributed by atoms with Gasteiger partial charge in [-0.05, 0) is 20.3 Å². The van der Waals surface area contributed by atoms with Crippen molar-refractivity contribution in [3.8, 4) is 0 Å². The van der Waals surface area contributed by atoms with Crippen molar-refractivity contribution in [2.24, 2.45) is 5.92 Å². The average Bonchev–Trinajstić information content (AvgIpc) is 2.22. The van der Waals surface area contributed by atoms with E-state index in [1.54, 1.807) is 19.9 Å². The molecular formula is C11H20O3. The van der Waals surface area contributed by atoms with Gasteiger partial charge in [-0.1, -0.05) is 19.9 Å². The third-order valence-corrected chi connectivity index (χ3v) is 2.34. The molecule has 3 nitrogen and oxygen atoms in total. The molecule has 2 unspecified atom stereocenters. The van der Waals surface area contributed by atoms with E-state index in [-0.39, 0.29) is 24.6 Å². The second-order valence-electron chi connectivity index (χ2n) is 3.48. The standard InChI is InChI=1S/C11H20O3/c1-5-8(3)11(13)14-10(6-2)9(4)7-12/h5,9-10,12H,6-7H2,1-4H3. The van der Waals surface area contributed by atoms with E-state index in [0.29, 0.717) is 5.57 Å². The predicted octanol–water partition coefficient (Wildman–Crippen LogP) is 1.90. The quantitative estimate of drug-likeness (QED) is 0.544. The zero-order chi connectivity index (χ0) is 11.1. The number of allylic oxidation sites excluding steroid dienone is 1. The Morgan fingerprint density at radius 2 is 2.14 bits per heavy atom. The third kappa shape index (κ3) is 3.92. The molecule has 1 N–H and O–H groups in total. The van der Waals surface area contributed by atoms with Crippen molar-refractivity contribution in [2.75, 3.05) is 6.61 Å². The second kappa shape index (κ2) is 6.60. The zero-order valence-corrected chi connectivity index (χ0v) is 9.41. The summed E-state index contributed by atoms with van der Waals surface area (Å²) in [5.74, 6) is -0.298. The highest BCUT2D eigenvalue weighted by Gasteiger charge is 2.19. The Morgan fingerprint density at radius 3 is 2.50 bits per heavy atom. The summed E-state index contributed by atoms with van der Waals surface area (Å²) in [6, 6.07) is 0. The monoisotopic (exact) mass is 200 g/mol. The Labute approximate surface area is 85.8 Å². The van der Waals surface area contributed by atoms with Crippen molar-refractivity contribution in [2.45, 2.75) is 40.2 Å². The molecule has 0 aliphatic rings. The minimum atomic E-state index is -0.292. The van der Waals surface area contributed by atoms with E-state index in [9.17, 15) is 4.79 Å². The number of aliphatic hydroxyl groups is 1. The van der Waals surface area contributed by atoms with Crippen molar-refractivity contribution < 1.29 is 14.6 Å². The predicted molar refractivity (Wildman–Crippen MR) is 55.9 cm³/mol. The molecule has 0 aromatic heterocycles. The highest BCUT2D eigenvalue weighted by atomic mass is 16.5. The summed E-state index contributed by atoms with van der Waals surface area (Å²) in [7, 11) is 0. The average molecular weight is 200 g/mol. The van der Waals surface area contributed by atoms with Crippen LogP contribution in [-0.2, 0) is 9.53 Å². The van der Waals surface area contributed by atoms with Crippen LogP contribution in [0.2, 0.25) is 0 Å². The summed E-state index contributed by atoms with van der Waals surface area (Å²) in [5, 5.41) is 8.94. The molecule has 0 aliphatic carbocycles. The summed E-state index contributed by atoms with van der Waals surface area (Å²) in [5.41, 5.74) is 0.605. The highest BCUT2D eigenvalue weighted by molar-refractivity contribution is 5.87. The highest BCUT2D eigenvalue weighted by Crippen LogP contribution is 2.12. The van der Waals surface area contributed by atoms with Gasteiger partial charge in [0.25, 0.3) is 0 Å². The number of carbonyl (C=O) groups is 1. The third-order valence-electron chi connectivity index (χ3n) is 2.34. The maximum atomic E-state index is 11.4. The first kappa shape index (κ1) is 13.2. The largest absolute Gasteiger partial charge is 0.459 e. The van der Waals surface area contributed by atoms with Gasteiger partial charge in [-0.15, -0.1) is 0 Å². The van der Waals surface area contributed by atoms with Crippen LogP contribution in [0.5, 0.6) is 0 Å². The number of esters is 1. The van der Waals surface area contributed by atoms with E-state index >= 15 is 0 Å². The molecular weight excluding hydrogens is 180 g/mol. The molecule has 0 rings (SSSR count).